The van der Waals surface area contributed by atoms with Gasteiger partial charge < -0.3 is 30.8 Å². The zero-order valence-electron chi connectivity index (χ0n) is 19.9. The highest BCUT2D eigenvalue weighted by atomic mass is 16.3. The van der Waals surface area contributed by atoms with Gasteiger partial charge in [-0.15, -0.1) is 0 Å². The maximum absolute atomic E-state index is 10.8. The molecule has 3 heterocycles. The molecule has 6 N–H and O–H groups in total. The lowest BCUT2D eigenvalue weighted by Gasteiger charge is -2.37. The largest absolute Gasteiger partial charge is 0.390 e. The van der Waals surface area contributed by atoms with Crippen molar-refractivity contribution in [2.24, 2.45) is 11.8 Å². The topological polar surface area (TPSA) is 138 Å². The first kappa shape index (κ1) is 22.5. The van der Waals surface area contributed by atoms with E-state index in [0.29, 0.717) is 36.4 Å². The summed E-state index contributed by atoms with van der Waals surface area (Å²) in [6.45, 7) is 2.80. The molecule has 0 spiro atoms. The normalized spacial score (nSPS) is 28.7. The molecule has 4 aromatic rings. The van der Waals surface area contributed by atoms with Crippen LogP contribution in [-0.2, 0) is 6.42 Å². The highest BCUT2D eigenvalue weighted by molar-refractivity contribution is 5.86. The summed E-state index contributed by atoms with van der Waals surface area (Å²) in [7, 11) is 0. The number of H-pyrrole nitrogens is 1. The van der Waals surface area contributed by atoms with Gasteiger partial charge in [0, 0.05) is 31.1 Å². The van der Waals surface area contributed by atoms with Gasteiger partial charge in [0.1, 0.15) is 29.7 Å². The maximum Gasteiger partial charge on any atom is 0.145 e. The average Bonchev–Trinajstić information content (AvgIpc) is 3.49. The van der Waals surface area contributed by atoms with E-state index in [9.17, 15) is 10.2 Å². The van der Waals surface area contributed by atoms with E-state index in [1.54, 1.807) is 0 Å². The van der Waals surface area contributed by atoms with Gasteiger partial charge in [-0.05, 0) is 62.3 Å². The highest BCUT2D eigenvalue weighted by Gasteiger charge is 2.43. The molecule has 184 valence electrons. The van der Waals surface area contributed by atoms with Gasteiger partial charge in [-0.1, -0.05) is 6.07 Å². The number of aromatic nitrogens is 5. The number of aryl methyl sites for hydroxylation is 2. The molecule has 0 saturated heterocycles. The monoisotopic (exact) mass is 475 g/mol. The maximum atomic E-state index is 10.8. The SMILES string of the molecule is Cc1ccc2nc(CCC3CC(NC[C@H]4C[C@@H](n5ccc6c(N)ncnc65)[C@H](O)[C@@H]4O)C3)[nH]c2c1. The van der Waals surface area contributed by atoms with Crippen molar-refractivity contribution in [2.75, 3.05) is 12.3 Å². The minimum atomic E-state index is -0.838. The van der Waals surface area contributed by atoms with Gasteiger partial charge in [-0.3, -0.25) is 0 Å². The number of hydrogen-bond donors (Lipinski definition) is 5. The number of hydrogen-bond acceptors (Lipinski definition) is 7. The van der Waals surface area contributed by atoms with Crippen molar-refractivity contribution in [1.29, 1.82) is 0 Å². The van der Waals surface area contributed by atoms with Crippen LogP contribution in [-0.4, -0.2) is 59.5 Å². The lowest BCUT2D eigenvalue weighted by atomic mass is 9.77. The van der Waals surface area contributed by atoms with Crippen molar-refractivity contribution in [2.45, 2.75) is 63.3 Å². The van der Waals surface area contributed by atoms with Gasteiger partial charge in [0.15, 0.2) is 0 Å². The number of nitrogen functional groups attached to an aromatic ring is 1. The first-order valence-corrected chi connectivity index (χ1v) is 12.6. The lowest BCUT2D eigenvalue weighted by molar-refractivity contribution is 0.00565. The molecule has 2 fully saturated rings. The van der Waals surface area contributed by atoms with Gasteiger partial charge in [-0.25, -0.2) is 15.0 Å². The summed E-state index contributed by atoms with van der Waals surface area (Å²) >= 11 is 0. The number of aliphatic hydroxyl groups excluding tert-OH is 2. The summed E-state index contributed by atoms with van der Waals surface area (Å²) in [4.78, 5) is 16.6. The number of nitrogens with two attached hydrogens (primary N) is 1. The molecule has 0 radical (unpaired) electrons. The van der Waals surface area contributed by atoms with Crippen LogP contribution < -0.4 is 11.1 Å². The van der Waals surface area contributed by atoms with E-state index in [1.165, 1.54) is 11.9 Å². The average molecular weight is 476 g/mol. The van der Waals surface area contributed by atoms with Crippen LogP contribution in [0.15, 0.2) is 36.8 Å². The molecule has 0 aliphatic heterocycles. The van der Waals surface area contributed by atoms with E-state index >= 15 is 0 Å². The fourth-order valence-corrected chi connectivity index (χ4v) is 5.93. The molecule has 0 bridgehead atoms. The van der Waals surface area contributed by atoms with Crippen LogP contribution in [0, 0.1) is 18.8 Å². The van der Waals surface area contributed by atoms with E-state index in [1.807, 2.05) is 16.8 Å². The van der Waals surface area contributed by atoms with E-state index in [4.69, 9.17) is 10.7 Å². The predicted molar refractivity (Wildman–Crippen MR) is 135 cm³/mol. The molecule has 4 atom stereocenters. The smallest absolute Gasteiger partial charge is 0.145 e. The van der Waals surface area contributed by atoms with Gasteiger partial charge >= 0.3 is 0 Å². The van der Waals surface area contributed by atoms with Crippen molar-refractivity contribution in [3.8, 4) is 0 Å². The first-order chi connectivity index (χ1) is 17.0. The van der Waals surface area contributed by atoms with Crippen LogP contribution >= 0.6 is 0 Å². The molecule has 9 nitrogen and oxygen atoms in total. The third kappa shape index (κ3) is 4.17. The second-order valence-electron chi connectivity index (χ2n) is 10.4. The molecule has 9 heteroatoms. The van der Waals surface area contributed by atoms with Crippen LogP contribution in [0.4, 0.5) is 5.82 Å². The molecule has 6 rings (SSSR count). The quantitative estimate of drug-likeness (QED) is 0.277. The van der Waals surface area contributed by atoms with Gasteiger partial charge in [0.25, 0.3) is 0 Å². The summed E-state index contributed by atoms with van der Waals surface area (Å²) in [5.74, 6) is 2.19. The molecule has 1 aromatic carbocycles. The van der Waals surface area contributed by atoms with Crippen molar-refractivity contribution in [1.82, 2.24) is 29.8 Å². The van der Waals surface area contributed by atoms with E-state index in [0.717, 1.165) is 47.9 Å². The summed E-state index contributed by atoms with van der Waals surface area (Å²) in [5, 5.41) is 25.9. The highest BCUT2D eigenvalue weighted by Crippen LogP contribution is 2.38. The Kier molecular flexibility index (Phi) is 5.70. The van der Waals surface area contributed by atoms with E-state index in [-0.39, 0.29) is 12.0 Å². The molecule has 0 amide bonds. The van der Waals surface area contributed by atoms with Gasteiger partial charge in [0.2, 0.25) is 0 Å². The fourth-order valence-electron chi connectivity index (χ4n) is 5.93. The molecule has 35 heavy (non-hydrogen) atoms. The van der Waals surface area contributed by atoms with Crippen molar-refractivity contribution in [3.05, 3.63) is 48.2 Å². The second-order valence-corrected chi connectivity index (χ2v) is 10.4. The van der Waals surface area contributed by atoms with Crippen LogP contribution in [0.5, 0.6) is 0 Å². The summed E-state index contributed by atoms with van der Waals surface area (Å²) in [5.41, 5.74) is 10.1. The number of nitrogens with zero attached hydrogens (tertiary/aromatic N) is 4. The Balaban J connectivity index is 0.991. The Bertz CT molecular complexity index is 1340. The lowest BCUT2D eigenvalue weighted by Crippen LogP contribution is -2.44. The Morgan fingerprint density at radius 2 is 2.00 bits per heavy atom. The zero-order chi connectivity index (χ0) is 24.1. The van der Waals surface area contributed by atoms with E-state index in [2.05, 4.69) is 45.4 Å². The minimum Gasteiger partial charge on any atom is -0.390 e. The number of nitrogens with one attached hydrogen (secondary N) is 2. The summed E-state index contributed by atoms with van der Waals surface area (Å²) < 4.78 is 1.93. The number of aliphatic hydroxyl groups is 2. The minimum absolute atomic E-state index is 0.00955. The number of aromatic amines is 1. The Labute approximate surface area is 203 Å². The first-order valence-electron chi connectivity index (χ1n) is 12.6. The number of benzene rings is 1. The van der Waals surface area contributed by atoms with Gasteiger partial charge in [-0.2, -0.15) is 0 Å². The molecular weight excluding hydrogens is 442 g/mol. The standard InChI is InChI=1S/C26H33N7O2/c1-14-2-4-19-20(8-14)32-22(31-19)5-3-15-9-17(10-15)28-12-16-11-21(24(35)23(16)34)33-7-6-18-25(27)29-13-30-26(18)33/h2,4,6-8,13,15-17,21,23-24,28,34-35H,3,5,9-12H2,1H3,(H,31,32)(H2,27,29,30)/t15?,16-,17?,21-,23-,24+/m1/s1. The van der Waals surface area contributed by atoms with Crippen LogP contribution in [0.25, 0.3) is 22.1 Å². The third-order valence-electron chi connectivity index (χ3n) is 8.05. The number of imidazole rings is 1. The number of anilines is 1. The predicted octanol–water partition coefficient (Wildman–Crippen LogP) is 2.48. The Hall–Kier alpha value is -3.01. The molecule has 2 aliphatic carbocycles. The molecule has 2 aliphatic rings. The zero-order valence-corrected chi connectivity index (χ0v) is 19.9. The Morgan fingerprint density at radius 3 is 2.86 bits per heavy atom. The van der Waals surface area contributed by atoms with Gasteiger partial charge in [0.05, 0.1) is 28.6 Å². The summed E-state index contributed by atoms with van der Waals surface area (Å²) in [6, 6.07) is 8.44. The van der Waals surface area contributed by atoms with Crippen molar-refractivity contribution in [3.63, 3.8) is 0 Å². The third-order valence-corrected chi connectivity index (χ3v) is 8.05. The molecule has 0 unspecified atom stereocenters. The summed E-state index contributed by atoms with van der Waals surface area (Å²) in [6.07, 6.45) is 6.80. The van der Waals surface area contributed by atoms with Crippen LogP contribution in [0.1, 0.15) is 43.1 Å². The molecular formula is C26H33N7O2. The van der Waals surface area contributed by atoms with Crippen LogP contribution in [0.2, 0.25) is 0 Å². The van der Waals surface area contributed by atoms with E-state index < -0.39 is 12.2 Å². The number of rotatable bonds is 7. The molecule has 3 aromatic heterocycles. The Morgan fingerprint density at radius 1 is 1.14 bits per heavy atom. The molecule has 2 saturated carbocycles. The fraction of sp³-hybridized carbons (Fsp3) is 0.500. The second kappa shape index (κ2) is 8.89. The van der Waals surface area contributed by atoms with Crippen molar-refractivity contribution >= 4 is 27.9 Å². The number of fused-ring (bicyclic) bond motifs is 2. The van der Waals surface area contributed by atoms with Crippen LogP contribution in [0.3, 0.4) is 0 Å². The van der Waals surface area contributed by atoms with Crippen molar-refractivity contribution < 1.29 is 10.2 Å².